The molecule has 0 aliphatic heterocycles. The quantitative estimate of drug-likeness (QED) is 0.639. The maximum atomic E-state index is 15.0. The van der Waals surface area contributed by atoms with Gasteiger partial charge in [0.2, 0.25) is 6.17 Å². The van der Waals surface area contributed by atoms with E-state index >= 15 is 0 Å². The van der Waals surface area contributed by atoms with Crippen LogP contribution < -0.4 is 0 Å². The third kappa shape index (κ3) is 4.85. The van der Waals surface area contributed by atoms with E-state index < -0.39 is 38.9 Å². The third-order valence-corrected chi connectivity index (χ3v) is 6.43. The molecule has 1 aromatic carbocycles. The molecule has 3 nitrogen and oxygen atoms in total. The molecule has 3 atom stereocenters. The lowest BCUT2D eigenvalue weighted by Crippen LogP contribution is -2.47. The molecule has 0 aliphatic carbocycles. The first-order valence-corrected chi connectivity index (χ1v) is 9.69. The Kier molecular flexibility index (Phi) is 7.11. The van der Waals surface area contributed by atoms with Crippen molar-refractivity contribution in [2.75, 3.05) is 12.4 Å². The highest BCUT2D eigenvalue weighted by Gasteiger charge is 2.46. The Morgan fingerprint density at radius 1 is 1.33 bits per heavy atom. The SMILES string of the molecule is CCOC(=O)[C@H](F)[C@](C)(C[S@](=O)C(C)(C)C)c1cc(Br)ccc1F. The Morgan fingerprint density at radius 2 is 1.92 bits per heavy atom. The second kappa shape index (κ2) is 8.04. The summed E-state index contributed by atoms with van der Waals surface area (Å²) in [6, 6.07) is 4.09. The molecule has 0 heterocycles. The molecule has 0 bridgehead atoms. The highest BCUT2D eigenvalue weighted by Crippen LogP contribution is 2.36. The average molecular weight is 425 g/mol. The van der Waals surface area contributed by atoms with Crippen molar-refractivity contribution in [1.82, 2.24) is 0 Å². The number of ether oxygens (including phenoxy) is 1. The van der Waals surface area contributed by atoms with Gasteiger partial charge in [-0.15, -0.1) is 0 Å². The van der Waals surface area contributed by atoms with Crippen molar-refractivity contribution in [3.05, 3.63) is 34.1 Å². The van der Waals surface area contributed by atoms with E-state index in [0.717, 1.165) is 0 Å². The summed E-state index contributed by atoms with van der Waals surface area (Å²) in [5.41, 5.74) is -1.62. The van der Waals surface area contributed by atoms with Crippen molar-refractivity contribution >= 4 is 32.7 Å². The van der Waals surface area contributed by atoms with Crippen LogP contribution in [-0.4, -0.2) is 33.5 Å². The van der Waals surface area contributed by atoms with Crippen LogP contribution in [0.2, 0.25) is 0 Å². The van der Waals surface area contributed by atoms with Crippen LogP contribution in [0.1, 0.15) is 40.2 Å². The predicted octanol–water partition coefficient (Wildman–Crippen LogP) is 4.29. The maximum Gasteiger partial charge on any atom is 0.341 e. The van der Waals surface area contributed by atoms with Gasteiger partial charge in [0.05, 0.1) is 6.61 Å². The van der Waals surface area contributed by atoms with Gasteiger partial charge in [-0.1, -0.05) is 22.9 Å². The number of alkyl halides is 1. The predicted molar refractivity (Wildman–Crippen MR) is 95.7 cm³/mol. The molecule has 0 N–H and O–H groups in total. The van der Waals surface area contributed by atoms with Gasteiger partial charge in [-0.2, -0.15) is 0 Å². The van der Waals surface area contributed by atoms with Gasteiger partial charge in [0.25, 0.3) is 0 Å². The second-order valence-electron chi connectivity index (χ2n) is 6.76. The summed E-state index contributed by atoms with van der Waals surface area (Å²) in [5, 5.41) is 0. The molecule has 0 unspecified atom stereocenters. The van der Waals surface area contributed by atoms with Gasteiger partial charge < -0.3 is 4.74 Å². The van der Waals surface area contributed by atoms with Crippen LogP contribution in [0.5, 0.6) is 0 Å². The van der Waals surface area contributed by atoms with Crippen molar-refractivity contribution in [3.63, 3.8) is 0 Å². The summed E-state index contributed by atoms with van der Waals surface area (Å²) < 4.78 is 46.6. The second-order valence-corrected chi connectivity index (χ2v) is 9.88. The molecule has 0 saturated carbocycles. The Labute approximate surface area is 152 Å². The molecule has 0 amide bonds. The van der Waals surface area contributed by atoms with E-state index in [4.69, 9.17) is 4.74 Å². The van der Waals surface area contributed by atoms with Crippen LogP contribution >= 0.6 is 15.9 Å². The van der Waals surface area contributed by atoms with Crippen LogP contribution in [0.15, 0.2) is 22.7 Å². The monoisotopic (exact) mass is 424 g/mol. The molecule has 0 fully saturated rings. The van der Waals surface area contributed by atoms with E-state index in [1.54, 1.807) is 27.7 Å². The van der Waals surface area contributed by atoms with Crippen molar-refractivity contribution in [3.8, 4) is 0 Å². The van der Waals surface area contributed by atoms with E-state index in [9.17, 15) is 17.8 Å². The summed E-state index contributed by atoms with van der Waals surface area (Å²) in [5.74, 6) is -1.94. The van der Waals surface area contributed by atoms with Crippen LogP contribution in [0.25, 0.3) is 0 Å². The summed E-state index contributed by atoms with van der Waals surface area (Å²) in [7, 11) is -1.49. The summed E-state index contributed by atoms with van der Waals surface area (Å²) >= 11 is 3.23. The van der Waals surface area contributed by atoms with Crippen molar-refractivity contribution in [2.24, 2.45) is 0 Å². The zero-order valence-electron chi connectivity index (χ0n) is 14.5. The van der Waals surface area contributed by atoms with E-state index in [0.29, 0.717) is 4.47 Å². The molecule has 0 aromatic heterocycles. The number of esters is 1. The first-order chi connectivity index (χ1) is 10.9. The van der Waals surface area contributed by atoms with E-state index in [2.05, 4.69) is 15.9 Å². The van der Waals surface area contributed by atoms with Gasteiger partial charge in [-0.3, -0.25) is 4.21 Å². The number of carbonyl (C=O) groups excluding carboxylic acids is 1. The molecule has 0 aliphatic rings. The first-order valence-electron chi connectivity index (χ1n) is 7.58. The molecule has 136 valence electrons. The van der Waals surface area contributed by atoms with Gasteiger partial charge in [0.15, 0.2) is 0 Å². The van der Waals surface area contributed by atoms with Crippen molar-refractivity contribution in [1.29, 1.82) is 0 Å². The van der Waals surface area contributed by atoms with Crippen LogP contribution in [-0.2, 0) is 25.7 Å². The molecule has 1 rings (SSSR count). The largest absolute Gasteiger partial charge is 0.464 e. The summed E-state index contributed by atoms with van der Waals surface area (Å²) in [6.45, 7) is 8.23. The maximum absolute atomic E-state index is 15.0. The van der Waals surface area contributed by atoms with Gasteiger partial charge >= 0.3 is 5.97 Å². The molecular formula is C17H23BrF2O3S. The summed E-state index contributed by atoms with van der Waals surface area (Å²) in [4.78, 5) is 12.0. The average Bonchev–Trinajstić information content (AvgIpc) is 2.47. The number of halogens is 3. The van der Waals surface area contributed by atoms with E-state index in [-0.39, 0.29) is 17.9 Å². The molecule has 0 saturated heterocycles. The zero-order chi connectivity index (χ0) is 18.7. The summed E-state index contributed by atoms with van der Waals surface area (Å²) in [6.07, 6.45) is -2.13. The minimum absolute atomic E-state index is 0.00460. The van der Waals surface area contributed by atoms with Crippen LogP contribution in [0, 0.1) is 5.82 Å². The van der Waals surface area contributed by atoms with Gasteiger partial charge in [-0.25, -0.2) is 13.6 Å². The minimum Gasteiger partial charge on any atom is -0.464 e. The number of hydrogen-bond donors (Lipinski definition) is 0. The number of rotatable bonds is 6. The topological polar surface area (TPSA) is 43.4 Å². The lowest BCUT2D eigenvalue weighted by atomic mass is 9.79. The Bertz CT molecular complexity index is 631. The lowest BCUT2D eigenvalue weighted by molar-refractivity contribution is -0.151. The first kappa shape index (κ1) is 21.2. The Hall–Kier alpha value is -0.820. The molecule has 1 aromatic rings. The van der Waals surface area contributed by atoms with Gasteiger partial charge in [0.1, 0.15) is 5.82 Å². The molecule has 0 spiro atoms. The fraction of sp³-hybridized carbons (Fsp3) is 0.588. The van der Waals surface area contributed by atoms with Gasteiger partial charge in [0, 0.05) is 31.2 Å². The van der Waals surface area contributed by atoms with Gasteiger partial charge in [-0.05, 0) is 51.5 Å². The highest BCUT2D eigenvalue weighted by molar-refractivity contribution is 9.10. The van der Waals surface area contributed by atoms with Crippen LogP contribution in [0.4, 0.5) is 8.78 Å². The van der Waals surface area contributed by atoms with Crippen molar-refractivity contribution in [2.45, 2.75) is 51.0 Å². The minimum atomic E-state index is -2.13. The van der Waals surface area contributed by atoms with Crippen LogP contribution in [0.3, 0.4) is 0 Å². The van der Waals surface area contributed by atoms with Crippen molar-refractivity contribution < 1.29 is 22.5 Å². The zero-order valence-corrected chi connectivity index (χ0v) is 16.9. The van der Waals surface area contributed by atoms with E-state index in [1.165, 1.54) is 25.1 Å². The molecule has 0 radical (unpaired) electrons. The number of benzene rings is 1. The molecular weight excluding hydrogens is 402 g/mol. The van der Waals surface area contributed by atoms with E-state index in [1.807, 2.05) is 0 Å². The standard InChI is InChI=1S/C17H23BrF2O3S/c1-6-23-15(21)14(20)17(5,10-24(22)16(2,3)4)12-9-11(18)7-8-13(12)19/h7-9,14H,6,10H2,1-5H3/t14-,17+,24-/m0/s1. The third-order valence-electron chi connectivity index (χ3n) is 3.71. The smallest absolute Gasteiger partial charge is 0.341 e. The normalized spacial score (nSPS) is 17.0. The Morgan fingerprint density at radius 3 is 2.42 bits per heavy atom. The number of hydrogen-bond acceptors (Lipinski definition) is 3. The molecule has 7 heteroatoms. The molecule has 24 heavy (non-hydrogen) atoms. The fourth-order valence-electron chi connectivity index (χ4n) is 2.19. The number of carbonyl (C=O) groups is 1. The fourth-order valence-corrected chi connectivity index (χ4v) is 3.83. The Balaban J connectivity index is 3.42. The highest BCUT2D eigenvalue weighted by atomic mass is 79.9. The lowest BCUT2D eigenvalue weighted by Gasteiger charge is -2.34.